The summed E-state index contributed by atoms with van der Waals surface area (Å²) in [5, 5.41) is 0. The van der Waals surface area contributed by atoms with Crippen molar-refractivity contribution in [1.29, 1.82) is 0 Å². The van der Waals surface area contributed by atoms with E-state index in [1.54, 1.807) is 0 Å². The molecule has 2 aliphatic rings. The zero-order chi connectivity index (χ0) is 14.1. The molecule has 1 aromatic carbocycles. The molecule has 0 aliphatic heterocycles. The maximum Gasteiger partial charge on any atom is 0.0456 e. The summed E-state index contributed by atoms with van der Waals surface area (Å²) in [6.07, 6.45) is 6.74. The van der Waals surface area contributed by atoms with Gasteiger partial charge in [-0.3, -0.25) is 4.90 Å². The van der Waals surface area contributed by atoms with Gasteiger partial charge in [0, 0.05) is 18.1 Å². The highest BCUT2D eigenvalue weighted by molar-refractivity contribution is 5.36. The van der Waals surface area contributed by atoms with Crippen LogP contribution in [0.3, 0.4) is 0 Å². The molecule has 2 nitrogen and oxygen atoms in total. The van der Waals surface area contributed by atoms with Crippen molar-refractivity contribution < 1.29 is 0 Å². The van der Waals surface area contributed by atoms with Crippen LogP contribution in [-0.4, -0.2) is 23.5 Å². The zero-order valence-corrected chi connectivity index (χ0v) is 12.9. The van der Waals surface area contributed by atoms with Crippen molar-refractivity contribution in [2.45, 2.75) is 70.0 Å². The monoisotopic (exact) mass is 272 g/mol. The maximum absolute atomic E-state index is 6.66. The van der Waals surface area contributed by atoms with Crippen molar-refractivity contribution in [3.05, 3.63) is 35.4 Å². The first-order valence-corrected chi connectivity index (χ1v) is 8.32. The van der Waals surface area contributed by atoms with Crippen LogP contribution >= 0.6 is 0 Å². The van der Waals surface area contributed by atoms with E-state index in [9.17, 15) is 0 Å². The van der Waals surface area contributed by atoms with Gasteiger partial charge in [-0.25, -0.2) is 0 Å². The fourth-order valence-corrected chi connectivity index (χ4v) is 4.45. The number of nitrogens with two attached hydrogens (primary N) is 1. The van der Waals surface area contributed by atoms with Crippen molar-refractivity contribution in [3.63, 3.8) is 0 Å². The Bertz CT molecular complexity index is 450. The molecule has 0 amide bonds. The fourth-order valence-electron chi connectivity index (χ4n) is 4.45. The molecule has 0 heterocycles. The highest BCUT2D eigenvalue weighted by Crippen LogP contribution is 2.40. The van der Waals surface area contributed by atoms with Crippen LogP contribution in [0.25, 0.3) is 0 Å². The Balaban J connectivity index is 1.87. The van der Waals surface area contributed by atoms with E-state index in [4.69, 9.17) is 5.73 Å². The smallest absolute Gasteiger partial charge is 0.0456 e. The zero-order valence-electron chi connectivity index (χ0n) is 12.9. The molecular formula is C18H28N2. The molecule has 20 heavy (non-hydrogen) atoms. The summed E-state index contributed by atoms with van der Waals surface area (Å²) in [6.45, 7) is 5.80. The third-order valence-electron chi connectivity index (χ3n) is 5.48. The number of fused-ring (bicyclic) bond motifs is 1. The Labute approximate surface area is 123 Å². The van der Waals surface area contributed by atoms with Gasteiger partial charge in [-0.1, -0.05) is 51.0 Å². The van der Waals surface area contributed by atoms with Crippen LogP contribution < -0.4 is 5.73 Å². The lowest BCUT2D eigenvalue weighted by atomic mass is 9.77. The Morgan fingerprint density at radius 3 is 2.45 bits per heavy atom. The Morgan fingerprint density at radius 2 is 1.80 bits per heavy atom. The minimum atomic E-state index is 0.183. The standard InChI is InChI=1S/C18H28N2/c1-3-20(14-8-4-5-9-14)17-12-13(2)15-10-6-7-11-16(15)18(17)19/h6-7,10-11,13-14,17-18H,3-5,8-9,12,19H2,1-2H3. The van der Waals surface area contributed by atoms with Crippen LogP contribution in [0.15, 0.2) is 24.3 Å². The number of benzene rings is 1. The van der Waals surface area contributed by atoms with Crippen molar-refractivity contribution in [2.24, 2.45) is 5.73 Å². The van der Waals surface area contributed by atoms with Gasteiger partial charge in [0.15, 0.2) is 0 Å². The first-order valence-electron chi connectivity index (χ1n) is 8.32. The summed E-state index contributed by atoms with van der Waals surface area (Å²) < 4.78 is 0. The molecule has 1 fully saturated rings. The largest absolute Gasteiger partial charge is 0.323 e. The van der Waals surface area contributed by atoms with Crippen LogP contribution in [0.1, 0.15) is 69.0 Å². The van der Waals surface area contributed by atoms with Crippen LogP contribution in [0.4, 0.5) is 0 Å². The van der Waals surface area contributed by atoms with E-state index in [2.05, 4.69) is 43.0 Å². The van der Waals surface area contributed by atoms with Crippen LogP contribution in [-0.2, 0) is 0 Å². The average Bonchev–Trinajstić information content (AvgIpc) is 2.99. The van der Waals surface area contributed by atoms with Crippen molar-refractivity contribution >= 4 is 0 Å². The van der Waals surface area contributed by atoms with E-state index in [0.29, 0.717) is 12.0 Å². The van der Waals surface area contributed by atoms with Gasteiger partial charge in [-0.2, -0.15) is 0 Å². The van der Waals surface area contributed by atoms with Crippen molar-refractivity contribution in [1.82, 2.24) is 4.90 Å². The molecular weight excluding hydrogens is 244 g/mol. The molecule has 3 unspecified atom stereocenters. The first kappa shape index (κ1) is 14.1. The second kappa shape index (κ2) is 5.87. The van der Waals surface area contributed by atoms with Gasteiger partial charge < -0.3 is 5.73 Å². The number of nitrogens with zero attached hydrogens (tertiary/aromatic N) is 1. The molecule has 0 spiro atoms. The molecule has 110 valence electrons. The summed E-state index contributed by atoms with van der Waals surface area (Å²) in [4.78, 5) is 2.71. The van der Waals surface area contributed by atoms with E-state index in [-0.39, 0.29) is 6.04 Å². The van der Waals surface area contributed by atoms with Gasteiger partial charge in [0.2, 0.25) is 0 Å². The lowest BCUT2D eigenvalue weighted by molar-refractivity contribution is 0.105. The van der Waals surface area contributed by atoms with Crippen molar-refractivity contribution in [2.75, 3.05) is 6.54 Å². The summed E-state index contributed by atoms with van der Waals surface area (Å²) in [5.41, 5.74) is 9.51. The first-order chi connectivity index (χ1) is 9.72. The Kier molecular flexibility index (Phi) is 4.13. The fraction of sp³-hybridized carbons (Fsp3) is 0.667. The molecule has 1 aromatic rings. The molecule has 2 N–H and O–H groups in total. The second-order valence-corrected chi connectivity index (χ2v) is 6.63. The second-order valence-electron chi connectivity index (χ2n) is 6.63. The summed E-state index contributed by atoms with van der Waals surface area (Å²) >= 11 is 0. The van der Waals surface area contributed by atoms with E-state index in [0.717, 1.165) is 12.6 Å². The van der Waals surface area contributed by atoms with Gasteiger partial charge in [-0.05, 0) is 42.9 Å². The van der Waals surface area contributed by atoms with E-state index in [1.165, 1.54) is 43.2 Å². The van der Waals surface area contributed by atoms with Crippen LogP contribution in [0.5, 0.6) is 0 Å². The number of likely N-dealkylation sites (N-methyl/N-ethyl adjacent to an activating group) is 1. The molecule has 0 bridgehead atoms. The summed E-state index contributed by atoms with van der Waals surface area (Å²) in [5.74, 6) is 0.631. The minimum Gasteiger partial charge on any atom is -0.323 e. The van der Waals surface area contributed by atoms with Gasteiger partial charge in [-0.15, -0.1) is 0 Å². The van der Waals surface area contributed by atoms with Gasteiger partial charge in [0.25, 0.3) is 0 Å². The maximum atomic E-state index is 6.66. The minimum absolute atomic E-state index is 0.183. The predicted molar refractivity (Wildman–Crippen MR) is 84.8 cm³/mol. The normalized spacial score (nSPS) is 30.7. The van der Waals surface area contributed by atoms with Gasteiger partial charge in [0.1, 0.15) is 0 Å². The molecule has 1 saturated carbocycles. The highest BCUT2D eigenvalue weighted by Gasteiger charge is 2.37. The lowest BCUT2D eigenvalue weighted by Crippen LogP contribution is -2.49. The van der Waals surface area contributed by atoms with Gasteiger partial charge >= 0.3 is 0 Å². The molecule has 0 radical (unpaired) electrons. The Morgan fingerprint density at radius 1 is 1.15 bits per heavy atom. The third kappa shape index (κ3) is 2.40. The lowest BCUT2D eigenvalue weighted by Gasteiger charge is -2.44. The SMILES string of the molecule is CCN(C1CCCC1)C1CC(C)c2ccccc2C1N. The number of hydrogen-bond donors (Lipinski definition) is 1. The number of hydrogen-bond acceptors (Lipinski definition) is 2. The highest BCUT2D eigenvalue weighted by atomic mass is 15.2. The molecule has 0 saturated heterocycles. The topological polar surface area (TPSA) is 29.3 Å². The summed E-state index contributed by atoms with van der Waals surface area (Å²) in [6, 6.07) is 10.3. The average molecular weight is 272 g/mol. The molecule has 3 rings (SSSR count). The van der Waals surface area contributed by atoms with E-state index < -0.39 is 0 Å². The molecule has 3 atom stereocenters. The van der Waals surface area contributed by atoms with E-state index >= 15 is 0 Å². The van der Waals surface area contributed by atoms with Crippen molar-refractivity contribution in [3.8, 4) is 0 Å². The molecule has 2 aliphatic carbocycles. The van der Waals surface area contributed by atoms with Gasteiger partial charge in [0.05, 0.1) is 0 Å². The molecule has 2 heteroatoms. The molecule has 0 aromatic heterocycles. The Hall–Kier alpha value is -0.860. The summed E-state index contributed by atoms with van der Waals surface area (Å²) in [7, 11) is 0. The van der Waals surface area contributed by atoms with Crippen LogP contribution in [0.2, 0.25) is 0 Å². The quantitative estimate of drug-likeness (QED) is 0.906. The number of rotatable bonds is 3. The predicted octanol–water partition coefficient (Wildman–Crippen LogP) is 3.83. The van der Waals surface area contributed by atoms with Crippen LogP contribution in [0, 0.1) is 0 Å². The third-order valence-corrected chi connectivity index (χ3v) is 5.48. The van der Waals surface area contributed by atoms with E-state index in [1.807, 2.05) is 0 Å².